The highest BCUT2D eigenvalue weighted by Gasteiger charge is 2.10. The van der Waals surface area contributed by atoms with Crippen LogP contribution >= 0.6 is 0 Å². The van der Waals surface area contributed by atoms with Gasteiger partial charge in [-0.05, 0) is 42.7 Å². The Bertz CT molecular complexity index is 599. The number of nitrogens with zero attached hydrogens (tertiary/aromatic N) is 3. The van der Waals surface area contributed by atoms with Crippen molar-refractivity contribution in [3.63, 3.8) is 0 Å². The molecule has 0 bridgehead atoms. The van der Waals surface area contributed by atoms with Crippen LogP contribution in [0, 0.1) is 6.92 Å². The Kier molecular flexibility index (Phi) is 4.30. The van der Waals surface area contributed by atoms with Crippen LogP contribution in [0.5, 0.6) is 0 Å². The van der Waals surface area contributed by atoms with Crippen LogP contribution in [0.3, 0.4) is 0 Å². The zero-order valence-electron chi connectivity index (χ0n) is 11.6. The van der Waals surface area contributed by atoms with Gasteiger partial charge in [-0.1, -0.05) is 0 Å². The predicted molar refractivity (Wildman–Crippen MR) is 77.1 cm³/mol. The number of aryl methyl sites for hydroxylation is 1. The molecule has 2 aromatic heterocycles. The summed E-state index contributed by atoms with van der Waals surface area (Å²) < 4.78 is 0. The highest BCUT2D eigenvalue weighted by Crippen LogP contribution is 2.17. The highest BCUT2D eigenvalue weighted by molar-refractivity contribution is 5.87. The molecule has 0 saturated heterocycles. The molecule has 5 heteroatoms. The molecule has 2 heterocycles. The maximum Gasteiger partial charge on any atom is 0.337 e. The summed E-state index contributed by atoms with van der Waals surface area (Å²) in [6, 6.07) is 5.62. The number of carboxylic acid groups (broad SMARTS) is 1. The van der Waals surface area contributed by atoms with Gasteiger partial charge >= 0.3 is 5.97 Å². The van der Waals surface area contributed by atoms with Crippen LogP contribution in [-0.2, 0) is 6.42 Å². The highest BCUT2D eigenvalue weighted by atomic mass is 16.4. The molecule has 20 heavy (non-hydrogen) atoms. The summed E-state index contributed by atoms with van der Waals surface area (Å²) in [6.07, 6.45) is 5.84. The molecule has 0 spiro atoms. The minimum absolute atomic E-state index is 0.216. The molecule has 2 rings (SSSR count). The van der Waals surface area contributed by atoms with E-state index in [4.69, 9.17) is 5.11 Å². The van der Waals surface area contributed by atoms with Gasteiger partial charge in [0.2, 0.25) is 0 Å². The third-order valence-corrected chi connectivity index (χ3v) is 3.14. The lowest BCUT2D eigenvalue weighted by atomic mass is 10.1. The smallest absolute Gasteiger partial charge is 0.337 e. The largest absolute Gasteiger partial charge is 0.478 e. The lowest BCUT2D eigenvalue weighted by molar-refractivity contribution is 0.0696. The van der Waals surface area contributed by atoms with Gasteiger partial charge in [-0.3, -0.25) is 4.98 Å². The molecule has 1 N–H and O–H groups in total. The van der Waals surface area contributed by atoms with Crippen molar-refractivity contribution in [2.75, 3.05) is 18.5 Å². The van der Waals surface area contributed by atoms with Crippen LogP contribution in [0.4, 0.5) is 5.82 Å². The summed E-state index contributed by atoms with van der Waals surface area (Å²) in [7, 11) is 1.96. The Morgan fingerprint density at radius 3 is 2.65 bits per heavy atom. The predicted octanol–water partition coefficient (Wildman–Crippen LogP) is 2.16. The number of anilines is 1. The lowest BCUT2D eigenvalue weighted by Crippen LogP contribution is -2.22. The molecule has 0 unspecified atom stereocenters. The van der Waals surface area contributed by atoms with Gasteiger partial charge in [0.25, 0.3) is 0 Å². The Morgan fingerprint density at radius 2 is 2.05 bits per heavy atom. The number of likely N-dealkylation sites (N-methyl/N-ethyl adjacent to an activating group) is 1. The lowest BCUT2D eigenvalue weighted by Gasteiger charge is -2.20. The van der Waals surface area contributed by atoms with E-state index in [-0.39, 0.29) is 5.56 Å². The SMILES string of the molecule is Cc1cc(C(=O)O)cnc1N(C)CCc1ccncc1. The maximum atomic E-state index is 10.9. The number of carboxylic acids is 1. The van der Waals surface area contributed by atoms with Crippen molar-refractivity contribution in [1.29, 1.82) is 0 Å². The summed E-state index contributed by atoms with van der Waals surface area (Å²) in [5, 5.41) is 8.93. The molecular weight excluding hydrogens is 254 g/mol. The van der Waals surface area contributed by atoms with Crippen LogP contribution in [0.15, 0.2) is 36.8 Å². The van der Waals surface area contributed by atoms with Crippen LogP contribution in [0.2, 0.25) is 0 Å². The molecule has 5 nitrogen and oxygen atoms in total. The minimum Gasteiger partial charge on any atom is -0.478 e. The topological polar surface area (TPSA) is 66.3 Å². The molecule has 0 amide bonds. The first kappa shape index (κ1) is 14.0. The Hall–Kier alpha value is -2.43. The average molecular weight is 271 g/mol. The minimum atomic E-state index is -0.952. The molecule has 0 fully saturated rings. The van der Waals surface area contributed by atoms with Gasteiger partial charge in [-0.15, -0.1) is 0 Å². The fourth-order valence-electron chi connectivity index (χ4n) is 2.04. The Balaban J connectivity index is 2.06. The molecule has 0 atom stereocenters. The second kappa shape index (κ2) is 6.14. The van der Waals surface area contributed by atoms with Gasteiger partial charge in [0, 0.05) is 32.2 Å². The van der Waals surface area contributed by atoms with Gasteiger partial charge in [-0.2, -0.15) is 0 Å². The average Bonchev–Trinajstić information content (AvgIpc) is 2.45. The third kappa shape index (κ3) is 3.32. The number of rotatable bonds is 5. The summed E-state index contributed by atoms with van der Waals surface area (Å²) in [5.41, 5.74) is 2.29. The first-order valence-electron chi connectivity index (χ1n) is 6.38. The number of hydrogen-bond donors (Lipinski definition) is 1. The summed E-state index contributed by atoms with van der Waals surface area (Å²) in [4.78, 5) is 21.1. The number of aromatic nitrogens is 2. The van der Waals surface area contributed by atoms with Crippen LogP contribution in [0.1, 0.15) is 21.5 Å². The van der Waals surface area contributed by atoms with Gasteiger partial charge in [0.15, 0.2) is 0 Å². The van der Waals surface area contributed by atoms with E-state index in [1.165, 1.54) is 11.8 Å². The Labute approximate surface area is 117 Å². The number of carbonyl (C=O) groups is 1. The monoisotopic (exact) mass is 271 g/mol. The second-order valence-corrected chi connectivity index (χ2v) is 4.70. The van der Waals surface area contributed by atoms with Crippen molar-refractivity contribution in [3.05, 3.63) is 53.5 Å². The maximum absolute atomic E-state index is 10.9. The van der Waals surface area contributed by atoms with Crippen molar-refractivity contribution in [2.45, 2.75) is 13.3 Å². The molecule has 0 aliphatic carbocycles. The quantitative estimate of drug-likeness (QED) is 0.902. The zero-order valence-corrected chi connectivity index (χ0v) is 11.6. The van der Waals surface area contributed by atoms with E-state index in [1.54, 1.807) is 18.5 Å². The number of hydrogen-bond acceptors (Lipinski definition) is 4. The van der Waals surface area contributed by atoms with E-state index in [1.807, 2.05) is 31.0 Å². The van der Waals surface area contributed by atoms with Gasteiger partial charge in [0.05, 0.1) is 5.56 Å². The second-order valence-electron chi connectivity index (χ2n) is 4.70. The molecule has 104 valence electrons. The van der Waals surface area contributed by atoms with Crippen molar-refractivity contribution < 1.29 is 9.90 Å². The first-order valence-corrected chi connectivity index (χ1v) is 6.38. The molecule has 0 radical (unpaired) electrons. The third-order valence-electron chi connectivity index (χ3n) is 3.14. The van der Waals surface area contributed by atoms with Gasteiger partial charge in [0.1, 0.15) is 5.82 Å². The van der Waals surface area contributed by atoms with Crippen molar-refractivity contribution in [1.82, 2.24) is 9.97 Å². The van der Waals surface area contributed by atoms with Crippen molar-refractivity contribution in [2.24, 2.45) is 0 Å². The normalized spacial score (nSPS) is 10.3. The van der Waals surface area contributed by atoms with Crippen molar-refractivity contribution >= 4 is 11.8 Å². The standard InChI is InChI=1S/C15H17N3O2/c1-11-9-13(15(19)20)10-17-14(11)18(2)8-5-12-3-6-16-7-4-12/h3-4,6-7,9-10H,5,8H2,1-2H3,(H,19,20). The molecule has 0 saturated carbocycles. The van der Waals surface area contributed by atoms with E-state index >= 15 is 0 Å². The summed E-state index contributed by atoms with van der Waals surface area (Å²) in [5.74, 6) is -0.143. The van der Waals surface area contributed by atoms with Gasteiger partial charge < -0.3 is 10.0 Å². The fourth-order valence-corrected chi connectivity index (χ4v) is 2.04. The number of pyridine rings is 2. The first-order chi connectivity index (χ1) is 9.58. The summed E-state index contributed by atoms with van der Waals surface area (Å²) >= 11 is 0. The Morgan fingerprint density at radius 1 is 1.35 bits per heavy atom. The van der Waals surface area contributed by atoms with Crippen LogP contribution in [0.25, 0.3) is 0 Å². The van der Waals surface area contributed by atoms with E-state index in [0.29, 0.717) is 0 Å². The number of aromatic carboxylic acids is 1. The zero-order chi connectivity index (χ0) is 14.5. The molecule has 0 aromatic carbocycles. The van der Waals surface area contributed by atoms with E-state index in [2.05, 4.69) is 9.97 Å². The van der Waals surface area contributed by atoms with Crippen LogP contribution < -0.4 is 4.90 Å². The molecule has 0 aliphatic heterocycles. The molecular formula is C15H17N3O2. The van der Waals surface area contributed by atoms with Gasteiger partial charge in [-0.25, -0.2) is 9.78 Å². The van der Waals surface area contributed by atoms with E-state index in [0.717, 1.165) is 24.3 Å². The summed E-state index contributed by atoms with van der Waals surface area (Å²) in [6.45, 7) is 2.68. The van der Waals surface area contributed by atoms with Crippen molar-refractivity contribution in [3.8, 4) is 0 Å². The fraction of sp³-hybridized carbons (Fsp3) is 0.267. The van der Waals surface area contributed by atoms with E-state index < -0.39 is 5.97 Å². The molecule has 0 aliphatic rings. The molecule has 2 aromatic rings. The van der Waals surface area contributed by atoms with E-state index in [9.17, 15) is 4.79 Å². The van der Waals surface area contributed by atoms with Crippen LogP contribution in [-0.4, -0.2) is 34.6 Å².